The predicted octanol–water partition coefficient (Wildman–Crippen LogP) is -3.03. The molecule has 10 aliphatic rings. The fourth-order valence-electron chi connectivity index (χ4n) is 15.3. The van der Waals surface area contributed by atoms with Crippen LogP contribution >= 0.6 is 0 Å². The van der Waals surface area contributed by atoms with Crippen LogP contribution in [0.1, 0.15) is 86.0 Å². The van der Waals surface area contributed by atoms with Gasteiger partial charge in [-0.15, -0.1) is 0 Å². The Morgan fingerprint density at radius 3 is 1.97 bits per heavy atom. The molecule has 13 N–H and O–H groups in total. The summed E-state index contributed by atoms with van der Waals surface area (Å²) in [7, 11) is 0. The van der Waals surface area contributed by atoms with Crippen molar-refractivity contribution in [3.8, 4) is 0 Å². The normalized spacial score (nSPS) is 58.2. The number of hydrogen-bond donors (Lipinski definition) is 13. The van der Waals surface area contributed by atoms with Crippen LogP contribution in [0.2, 0.25) is 0 Å². The maximum absolute atomic E-state index is 12.5. The highest BCUT2D eigenvalue weighted by molar-refractivity contribution is 5.26. The fraction of sp³-hybridized carbons (Fsp3) is 0.960. The van der Waals surface area contributed by atoms with Crippen molar-refractivity contribution >= 4 is 0 Å². The second-order valence-corrected chi connectivity index (χ2v) is 23.7. The minimum atomic E-state index is -1.77. The Morgan fingerprint density at radius 2 is 1.26 bits per heavy atom. The zero-order valence-electron chi connectivity index (χ0n) is 42.0. The molecule has 6 aliphatic heterocycles. The molecule has 32 unspecified atom stereocenters. The average molecular weight is 1050 g/mol. The second kappa shape index (κ2) is 20.8. The van der Waals surface area contributed by atoms with Crippen LogP contribution in [0.4, 0.5) is 0 Å². The first-order valence-electron chi connectivity index (χ1n) is 26.5. The number of aliphatic hydroxyl groups is 13. The third kappa shape index (κ3) is 9.31. The number of aliphatic hydroxyl groups excluding tert-OH is 12. The Morgan fingerprint density at radius 1 is 0.616 bits per heavy atom. The van der Waals surface area contributed by atoms with Crippen molar-refractivity contribution < 1.29 is 114 Å². The average Bonchev–Trinajstić information content (AvgIpc) is 3.98. The van der Waals surface area contributed by atoms with Gasteiger partial charge in [-0.1, -0.05) is 39.3 Å². The number of rotatable bonds is 11. The van der Waals surface area contributed by atoms with E-state index in [2.05, 4.69) is 19.9 Å². The number of hydrogen-bond acceptors (Lipinski definition) is 23. The van der Waals surface area contributed by atoms with Crippen molar-refractivity contribution in [2.45, 2.75) is 233 Å². The van der Waals surface area contributed by atoms with Crippen molar-refractivity contribution in [3.05, 3.63) is 11.6 Å². The first-order valence-corrected chi connectivity index (χ1v) is 26.5. The molecule has 0 amide bonds. The molecule has 23 nitrogen and oxygen atoms in total. The SMILES string of the molecule is CC1CC(C2(O)OC3CC4C5CC=C6CC(OC7OC(CO)C(O)C(OC8OCC(O)C(O)C8O)C7OC7OC(C)C(O)C(O)C7O)CCC6(C)C5CCC4(C)C3C2C)OC1OC1OC(CO)C(O)C(O)C1O. The van der Waals surface area contributed by atoms with Gasteiger partial charge >= 0.3 is 0 Å². The number of allylic oxidation sites excluding steroid dienone is 1. The lowest BCUT2D eigenvalue weighted by Crippen LogP contribution is -2.66. The van der Waals surface area contributed by atoms with Gasteiger partial charge in [-0.25, -0.2) is 0 Å². The first kappa shape index (κ1) is 55.1. The standard InChI is InChI=1S/C50H80O23/c1-18-12-30(69-43(18)72-46-40(62)37(59)34(56)28(15-51)67-46)50(63)19(2)31-27(73-50)14-25-23-7-6-21-13-22(8-10-48(21,4)24(23)9-11-49(25,31)5)66-47-42(71-45-39(61)36(58)32(54)20(3)65-45)41(35(57)29(16-52)68-47)70-44-38(60)33(55)26(53)17-64-44/h6,18-20,22-47,51-63H,7-17H2,1-5H3. The Labute approximate surface area is 423 Å². The van der Waals surface area contributed by atoms with E-state index in [4.69, 9.17) is 47.4 Å². The molecule has 23 heteroatoms. The molecule has 0 radical (unpaired) electrons. The van der Waals surface area contributed by atoms with Crippen molar-refractivity contribution in [1.29, 1.82) is 0 Å². The van der Waals surface area contributed by atoms with Gasteiger partial charge in [0, 0.05) is 11.8 Å². The summed E-state index contributed by atoms with van der Waals surface area (Å²) in [5, 5.41) is 139. The van der Waals surface area contributed by atoms with Crippen molar-refractivity contribution in [2.75, 3.05) is 19.8 Å². The van der Waals surface area contributed by atoms with E-state index in [1.807, 2.05) is 13.8 Å². The summed E-state index contributed by atoms with van der Waals surface area (Å²) in [6, 6.07) is 0. The highest BCUT2D eigenvalue weighted by Gasteiger charge is 2.70. The van der Waals surface area contributed by atoms with Gasteiger partial charge in [0.05, 0.1) is 38.1 Å². The van der Waals surface area contributed by atoms with Crippen LogP contribution in [0, 0.1) is 46.3 Å². The summed E-state index contributed by atoms with van der Waals surface area (Å²) in [6.07, 6.45) is -22.8. The van der Waals surface area contributed by atoms with E-state index in [0.29, 0.717) is 37.0 Å². The molecule has 32 atom stereocenters. The molecule has 0 aromatic carbocycles. The maximum atomic E-state index is 12.5. The van der Waals surface area contributed by atoms with E-state index in [-0.39, 0.29) is 34.7 Å². The van der Waals surface area contributed by atoms with Crippen LogP contribution in [-0.2, 0) is 47.4 Å². The minimum Gasteiger partial charge on any atom is -0.394 e. The summed E-state index contributed by atoms with van der Waals surface area (Å²) >= 11 is 0. The summed E-state index contributed by atoms with van der Waals surface area (Å²) in [6.45, 7) is 8.39. The van der Waals surface area contributed by atoms with Crippen LogP contribution in [0.15, 0.2) is 11.6 Å². The molecule has 6 saturated heterocycles. The molecule has 3 saturated carbocycles. The Hall–Kier alpha value is -1.18. The third-order valence-electron chi connectivity index (χ3n) is 19.6. The van der Waals surface area contributed by atoms with Gasteiger partial charge in [0.1, 0.15) is 91.6 Å². The monoisotopic (exact) mass is 1050 g/mol. The maximum Gasteiger partial charge on any atom is 0.195 e. The molecule has 4 aliphatic carbocycles. The Balaban J connectivity index is 0.823. The van der Waals surface area contributed by atoms with Crippen molar-refractivity contribution in [3.63, 3.8) is 0 Å². The molecule has 0 aromatic rings. The molecule has 73 heavy (non-hydrogen) atoms. The lowest BCUT2D eigenvalue weighted by atomic mass is 9.47. The van der Waals surface area contributed by atoms with E-state index in [9.17, 15) is 66.4 Å². The van der Waals surface area contributed by atoms with Crippen LogP contribution in [-0.4, -0.2) is 233 Å². The van der Waals surface area contributed by atoms with Gasteiger partial charge < -0.3 is 114 Å². The molecule has 0 spiro atoms. The van der Waals surface area contributed by atoms with Crippen LogP contribution in [0.3, 0.4) is 0 Å². The lowest BCUT2D eigenvalue weighted by molar-refractivity contribution is -0.390. The molecular weight excluding hydrogens is 969 g/mol. The van der Waals surface area contributed by atoms with E-state index in [1.165, 1.54) is 12.5 Å². The van der Waals surface area contributed by atoms with Crippen LogP contribution in [0.5, 0.6) is 0 Å². The van der Waals surface area contributed by atoms with Crippen LogP contribution in [0.25, 0.3) is 0 Å². The Kier molecular flexibility index (Phi) is 15.7. The fourth-order valence-corrected chi connectivity index (χ4v) is 15.3. The van der Waals surface area contributed by atoms with Crippen molar-refractivity contribution in [2.24, 2.45) is 46.3 Å². The largest absolute Gasteiger partial charge is 0.394 e. The van der Waals surface area contributed by atoms with E-state index in [0.717, 1.165) is 32.1 Å². The summed E-state index contributed by atoms with van der Waals surface area (Å²) < 4.78 is 61.3. The van der Waals surface area contributed by atoms with Gasteiger partial charge in [-0.2, -0.15) is 0 Å². The highest BCUT2D eigenvalue weighted by Crippen LogP contribution is 2.70. The van der Waals surface area contributed by atoms with Gasteiger partial charge in [0.2, 0.25) is 0 Å². The predicted molar refractivity (Wildman–Crippen MR) is 243 cm³/mol. The van der Waals surface area contributed by atoms with Gasteiger partial charge in [-0.3, -0.25) is 0 Å². The number of fused-ring (bicyclic) bond motifs is 7. The van der Waals surface area contributed by atoms with E-state index < -0.39 is 161 Å². The summed E-state index contributed by atoms with van der Waals surface area (Å²) in [5.74, 6) is -1.14. The number of ether oxygens (including phenoxy) is 10. The van der Waals surface area contributed by atoms with E-state index in [1.54, 1.807) is 0 Å². The highest BCUT2D eigenvalue weighted by atomic mass is 16.8. The molecule has 418 valence electrons. The zero-order chi connectivity index (χ0) is 52.4. The topological polar surface area (TPSA) is 355 Å². The van der Waals surface area contributed by atoms with E-state index >= 15 is 0 Å². The minimum absolute atomic E-state index is 0.0380. The smallest absolute Gasteiger partial charge is 0.195 e. The zero-order valence-corrected chi connectivity index (χ0v) is 42.0. The first-order chi connectivity index (χ1) is 34.5. The second-order valence-electron chi connectivity index (χ2n) is 23.7. The Bertz CT molecular complexity index is 1950. The molecule has 6 heterocycles. The van der Waals surface area contributed by atoms with Crippen molar-refractivity contribution in [1.82, 2.24) is 0 Å². The van der Waals surface area contributed by atoms with Gasteiger partial charge in [0.15, 0.2) is 37.2 Å². The quantitative estimate of drug-likeness (QED) is 0.0916. The molecule has 9 fully saturated rings. The van der Waals surface area contributed by atoms with Crippen LogP contribution < -0.4 is 0 Å². The summed E-state index contributed by atoms with van der Waals surface area (Å²) in [4.78, 5) is 0. The molecule has 0 aromatic heterocycles. The van der Waals surface area contributed by atoms with Gasteiger partial charge in [0.25, 0.3) is 0 Å². The molecular formula is C50H80O23. The van der Waals surface area contributed by atoms with Gasteiger partial charge in [-0.05, 0) is 92.8 Å². The third-order valence-corrected chi connectivity index (χ3v) is 19.6. The molecule has 10 rings (SSSR count). The lowest BCUT2D eigenvalue weighted by Gasteiger charge is -2.58. The molecule has 0 bridgehead atoms. The summed E-state index contributed by atoms with van der Waals surface area (Å²) in [5.41, 5.74) is 0.915.